The molecule has 0 radical (unpaired) electrons. The average molecular weight is 519 g/mol. The lowest BCUT2D eigenvalue weighted by Gasteiger charge is -2.10. The van der Waals surface area contributed by atoms with Crippen molar-refractivity contribution in [2.45, 2.75) is 0 Å². The normalized spacial score (nSPS) is 12.1. The highest BCUT2D eigenvalue weighted by molar-refractivity contribution is 7.89. The van der Waals surface area contributed by atoms with Crippen molar-refractivity contribution < 1.29 is 16.8 Å². The van der Waals surface area contributed by atoms with Crippen molar-refractivity contribution in [2.75, 3.05) is 12.5 Å². The summed E-state index contributed by atoms with van der Waals surface area (Å²) in [5, 5.41) is 0. The Labute approximate surface area is 209 Å². The summed E-state index contributed by atoms with van der Waals surface area (Å²) >= 11 is 0. The van der Waals surface area contributed by atoms with Crippen LogP contribution in [-0.4, -0.2) is 47.3 Å². The lowest BCUT2D eigenvalue weighted by molar-refractivity contribution is 0.592. The van der Waals surface area contributed by atoms with Crippen LogP contribution in [0.2, 0.25) is 0 Å². The summed E-state index contributed by atoms with van der Waals surface area (Å²) in [6.07, 6.45) is 5.25. The van der Waals surface area contributed by atoms with Crippen LogP contribution in [0.1, 0.15) is 0 Å². The van der Waals surface area contributed by atoms with Gasteiger partial charge in [-0.25, -0.2) is 34.7 Å². The van der Waals surface area contributed by atoms with Crippen LogP contribution in [0.5, 0.6) is 0 Å². The summed E-state index contributed by atoms with van der Waals surface area (Å²) < 4.78 is 52.9. The van der Waals surface area contributed by atoms with Crippen molar-refractivity contribution in [1.82, 2.24) is 17.9 Å². The molecule has 2 aromatic heterocycles. The van der Waals surface area contributed by atoms with Crippen molar-refractivity contribution in [3.05, 3.63) is 97.3 Å². The van der Waals surface area contributed by atoms with Gasteiger partial charge in [-0.3, -0.25) is 0 Å². The van der Waals surface area contributed by atoms with E-state index < -0.39 is 20.0 Å². The Morgan fingerprint density at radius 2 is 1.19 bits per heavy atom. The van der Waals surface area contributed by atoms with E-state index in [1.165, 1.54) is 16.4 Å². The summed E-state index contributed by atoms with van der Waals surface area (Å²) in [5.74, 6) is 0.609. The van der Waals surface area contributed by atoms with Crippen LogP contribution in [0.4, 0.5) is 0 Å². The highest BCUT2D eigenvalue weighted by Crippen LogP contribution is 2.32. The fourth-order valence-electron chi connectivity index (χ4n) is 4.02. The maximum absolute atomic E-state index is 12.8. The molecule has 0 bridgehead atoms. The van der Waals surface area contributed by atoms with E-state index in [9.17, 15) is 16.8 Å². The molecule has 5 aromatic rings. The minimum atomic E-state index is -3.70. The second-order valence-corrected chi connectivity index (χ2v) is 12.0. The topological polar surface area (TPSA) is 104 Å². The van der Waals surface area contributed by atoms with Crippen molar-refractivity contribution in [3.8, 4) is 45.3 Å². The van der Waals surface area contributed by atoms with Crippen LogP contribution >= 0.6 is 0 Å². The van der Waals surface area contributed by atoms with E-state index >= 15 is 0 Å². The third-order valence-corrected chi connectivity index (χ3v) is 7.63. The second kappa shape index (κ2) is 8.89. The predicted molar refractivity (Wildman–Crippen MR) is 140 cm³/mol. The molecule has 0 aliphatic carbocycles. The van der Waals surface area contributed by atoms with Crippen LogP contribution in [-0.2, 0) is 20.0 Å². The summed E-state index contributed by atoms with van der Waals surface area (Å²) in [4.78, 5) is 9.03. The van der Waals surface area contributed by atoms with Crippen molar-refractivity contribution >= 4 is 20.0 Å². The molecule has 0 atom stereocenters. The van der Waals surface area contributed by atoms with E-state index in [0.29, 0.717) is 45.3 Å². The smallest absolute Gasteiger partial charge is 0.235 e. The highest BCUT2D eigenvalue weighted by atomic mass is 32.2. The van der Waals surface area contributed by atoms with Gasteiger partial charge in [-0.2, -0.15) is 0 Å². The van der Waals surface area contributed by atoms with Gasteiger partial charge < -0.3 is 0 Å². The van der Waals surface area contributed by atoms with E-state index in [2.05, 4.69) is 9.97 Å². The molecule has 0 aliphatic heterocycles. The molecule has 36 heavy (non-hydrogen) atoms. The summed E-state index contributed by atoms with van der Waals surface area (Å²) in [7, 11) is -7.32. The molecule has 0 aliphatic rings. The minimum Gasteiger partial charge on any atom is -0.235 e. The molecule has 0 N–H and O–H groups in total. The summed E-state index contributed by atoms with van der Waals surface area (Å²) in [6, 6.07) is 25.3. The maximum atomic E-state index is 12.8. The quantitative estimate of drug-likeness (QED) is 0.331. The molecule has 10 heteroatoms. The molecule has 0 amide bonds. The molecule has 3 aromatic carbocycles. The van der Waals surface area contributed by atoms with Crippen LogP contribution in [0.15, 0.2) is 97.3 Å². The van der Waals surface area contributed by atoms with Gasteiger partial charge in [0.2, 0.25) is 20.0 Å². The second-order valence-electron chi connectivity index (χ2n) is 8.32. The van der Waals surface area contributed by atoms with Gasteiger partial charge in [0.15, 0.2) is 11.6 Å². The Kier molecular flexibility index (Phi) is 5.85. The van der Waals surface area contributed by atoms with E-state index in [0.717, 1.165) is 16.5 Å². The minimum absolute atomic E-state index is 0.297. The van der Waals surface area contributed by atoms with Gasteiger partial charge in [-0.05, 0) is 6.07 Å². The molecule has 182 valence electrons. The number of aromatic nitrogens is 4. The van der Waals surface area contributed by atoms with Crippen LogP contribution in [0.3, 0.4) is 0 Å². The number of hydrogen-bond acceptors (Lipinski definition) is 6. The molecule has 8 nitrogen and oxygen atoms in total. The average Bonchev–Trinajstić information content (AvgIpc) is 3.51. The zero-order chi connectivity index (χ0) is 25.5. The first kappa shape index (κ1) is 23.7. The SMILES string of the molecule is CS(=O)(=O)n1cc(-c2cccc(-c3cnc(-c4ccccc4)n3S(C)(=O)=O)c2)nc1-c1ccccc1. The number of hydrogen-bond donors (Lipinski definition) is 0. The molecule has 0 spiro atoms. The van der Waals surface area contributed by atoms with Crippen LogP contribution < -0.4 is 0 Å². The largest absolute Gasteiger partial charge is 0.237 e. The Bertz CT molecular complexity index is 1770. The third-order valence-electron chi connectivity index (χ3n) is 5.60. The molecular weight excluding hydrogens is 496 g/mol. The van der Waals surface area contributed by atoms with Gasteiger partial charge in [0, 0.05) is 28.5 Å². The Morgan fingerprint density at radius 1 is 0.639 bits per heavy atom. The Morgan fingerprint density at radius 3 is 1.78 bits per heavy atom. The van der Waals surface area contributed by atoms with Gasteiger partial charge in [0.05, 0.1) is 30.1 Å². The van der Waals surface area contributed by atoms with Gasteiger partial charge in [0.1, 0.15) is 0 Å². The van der Waals surface area contributed by atoms with Gasteiger partial charge in [-0.15, -0.1) is 0 Å². The number of nitrogens with zero attached hydrogens (tertiary/aromatic N) is 4. The summed E-state index contributed by atoms with van der Waals surface area (Å²) in [5.41, 5.74) is 3.40. The number of imidazole rings is 2. The third kappa shape index (κ3) is 4.48. The van der Waals surface area contributed by atoms with Crippen molar-refractivity contribution in [3.63, 3.8) is 0 Å². The molecule has 5 rings (SSSR count). The Balaban J connectivity index is 1.66. The first-order chi connectivity index (χ1) is 17.1. The van der Waals surface area contributed by atoms with E-state index in [4.69, 9.17) is 0 Å². The Hall–Kier alpha value is -4.02. The molecular formula is C26H22N4O4S2. The predicted octanol–water partition coefficient (Wildman–Crippen LogP) is 4.36. The lowest BCUT2D eigenvalue weighted by atomic mass is 10.1. The molecule has 2 heterocycles. The zero-order valence-corrected chi connectivity index (χ0v) is 21.1. The van der Waals surface area contributed by atoms with Gasteiger partial charge in [0.25, 0.3) is 0 Å². The van der Waals surface area contributed by atoms with Crippen molar-refractivity contribution in [2.24, 2.45) is 0 Å². The molecule has 0 fully saturated rings. The molecule has 0 saturated heterocycles. The fraction of sp³-hybridized carbons (Fsp3) is 0.0769. The zero-order valence-electron chi connectivity index (χ0n) is 19.5. The first-order valence-corrected chi connectivity index (χ1v) is 14.6. The van der Waals surface area contributed by atoms with Gasteiger partial charge >= 0.3 is 0 Å². The van der Waals surface area contributed by atoms with Crippen LogP contribution in [0.25, 0.3) is 45.3 Å². The summed E-state index contributed by atoms with van der Waals surface area (Å²) in [6.45, 7) is 0. The van der Waals surface area contributed by atoms with Crippen LogP contribution in [0, 0.1) is 0 Å². The van der Waals surface area contributed by atoms with Gasteiger partial charge in [-0.1, -0.05) is 78.9 Å². The van der Waals surface area contributed by atoms with E-state index in [1.54, 1.807) is 48.5 Å². The van der Waals surface area contributed by atoms with E-state index in [1.807, 2.05) is 36.4 Å². The number of rotatable bonds is 6. The van der Waals surface area contributed by atoms with Crippen molar-refractivity contribution in [1.29, 1.82) is 0 Å². The lowest BCUT2D eigenvalue weighted by Crippen LogP contribution is -2.13. The number of benzene rings is 3. The maximum Gasteiger partial charge on any atom is 0.237 e. The molecule has 0 saturated carbocycles. The highest BCUT2D eigenvalue weighted by Gasteiger charge is 2.22. The standard InChI is InChI=1S/C26H22N4O4S2/c1-35(31,32)29-18-23(28-26(29)20-12-7-4-8-13-20)21-14-9-15-22(16-21)24-17-27-25(30(24)36(2,33)34)19-10-5-3-6-11-19/h3-18H,1-2H3. The molecule has 0 unspecified atom stereocenters. The first-order valence-electron chi connectivity index (χ1n) is 10.9. The monoisotopic (exact) mass is 518 g/mol. The fourth-order valence-corrected chi connectivity index (χ4v) is 5.75. The van der Waals surface area contributed by atoms with E-state index in [-0.39, 0.29) is 0 Å².